The molecule has 0 heterocycles. The zero-order valence-corrected chi connectivity index (χ0v) is 2.45. The van der Waals surface area contributed by atoms with Gasteiger partial charge in [-0.25, -0.2) is 0 Å². The molecule has 5 heavy (non-hydrogen) atoms. The zero-order valence-electron chi connectivity index (χ0n) is 0.816. The second kappa shape index (κ2) is 26.4. The number of hydrogen-bond donors (Lipinski definition) is 0. The van der Waals surface area contributed by atoms with Gasteiger partial charge in [0.15, 0.2) is 0 Å². The first-order chi connectivity index (χ1) is 0. The molecule has 0 N–H and O–H groups in total. The minimum absolute atomic E-state index is 0. The average molecular weight is 147 g/mol. The Hall–Kier alpha value is 3.35. The molecule has 0 aromatic heterocycles. The Morgan fingerprint density at radius 2 is 0.600 bits per heavy atom. The van der Waals surface area contributed by atoms with Crippen LogP contribution in [-0.2, 0) is 0 Å². The van der Waals surface area contributed by atoms with Gasteiger partial charge in [-0.1, -0.05) is 0 Å². The van der Waals surface area contributed by atoms with E-state index >= 15 is 0 Å². The van der Waals surface area contributed by atoms with Crippen LogP contribution >= 0.6 is 24.8 Å². The molecule has 0 fully saturated rings. The fraction of sp³-hybridized carbons (Fsp3) is 0. The van der Waals surface area contributed by atoms with E-state index in [0.29, 0.717) is 0 Å². The molecule has 0 aromatic carbocycles. The van der Waals surface area contributed by atoms with Gasteiger partial charge < -0.3 is 0 Å². The molecule has 0 saturated carbocycles. The molecule has 0 nitrogen and oxygen atoms in total. The van der Waals surface area contributed by atoms with E-state index < -0.39 is 0 Å². The van der Waals surface area contributed by atoms with Crippen molar-refractivity contribution in [1.82, 2.24) is 0 Å². The van der Waals surface area contributed by atoms with Gasteiger partial charge in [0, 0.05) is 0 Å². The second-order valence-corrected chi connectivity index (χ2v) is 0. The van der Waals surface area contributed by atoms with Gasteiger partial charge in [0.25, 0.3) is 0 Å². The van der Waals surface area contributed by atoms with E-state index in [-0.39, 0.29) is 107 Å². The number of halogens is 2. The van der Waals surface area contributed by atoms with Gasteiger partial charge in [-0.3, -0.25) is 0 Å². The molecule has 5 heteroatoms. The first kappa shape index (κ1) is 40.2. The maximum absolute atomic E-state index is 0. The third-order valence-electron chi connectivity index (χ3n) is 0. The quantitative estimate of drug-likeness (QED) is 0.371. The third kappa shape index (κ3) is 18.8. The molecule has 0 aliphatic rings. The van der Waals surface area contributed by atoms with Crippen LogP contribution in [-0.4, -0.2) is 82.2 Å². The molecule has 0 saturated heterocycles. The Morgan fingerprint density at radius 3 is 0.600 bits per heavy atom. The Labute approximate surface area is 105 Å². The standard InChI is InChI=1S/2ClH.Mg.2Na.4H/h2*1H;;;;;;;. The molecular formula is H6Cl2MgNa2. The van der Waals surface area contributed by atoms with E-state index in [1.165, 1.54) is 0 Å². The van der Waals surface area contributed by atoms with Crippen molar-refractivity contribution in [1.29, 1.82) is 0 Å². The van der Waals surface area contributed by atoms with Crippen molar-refractivity contribution < 1.29 is 0 Å². The Morgan fingerprint density at radius 1 is 0.600 bits per heavy atom. The predicted molar refractivity (Wildman–Crippen MR) is 37.3 cm³/mol. The van der Waals surface area contributed by atoms with E-state index in [2.05, 4.69) is 0 Å². The molecule has 0 spiro atoms. The van der Waals surface area contributed by atoms with Gasteiger partial charge in [-0.2, -0.15) is 0 Å². The van der Waals surface area contributed by atoms with Crippen LogP contribution in [0, 0.1) is 0 Å². The average Bonchev–Trinajstić information content (AvgIpc) is 0. The van der Waals surface area contributed by atoms with Gasteiger partial charge in [0.05, 0.1) is 0 Å². The first-order valence-corrected chi connectivity index (χ1v) is 0. The van der Waals surface area contributed by atoms with Crippen molar-refractivity contribution in [2.45, 2.75) is 0 Å². The van der Waals surface area contributed by atoms with Gasteiger partial charge in [-0.15, -0.1) is 24.8 Å². The minimum atomic E-state index is 0. The summed E-state index contributed by atoms with van der Waals surface area (Å²) in [6.45, 7) is 0. The first-order valence-electron chi connectivity index (χ1n) is 0. The van der Waals surface area contributed by atoms with Crippen LogP contribution < -0.4 is 0 Å². The summed E-state index contributed by atoms with van der Waals surface area (Å²) in [5, 5.41) is 0. The zero-order chi connectivity index (χ0) is 0. The Kier molecular flexibility index (Phi) is 213. The molecule has 0 bridgehead atoms. The molecule has 0 atom stereocenters. The molecule has 0 unspecified atom stereocenters. The third-order valence-corrected chi connectivity index (χ3v) is 0. The molecule has 0 aliphatic heterocycles. The van der Waals surface area contributed by atoms with E-state index in [0.717, 1.165) is 0 Å². The van der Waals surface area contributed by atoms with E-state index in [1.54, 1.807) is 0 Å². The van der Waals surface area contributed by atoms with Crippen molar-refractivity contribution >= 4 is 107 Å². The predicted octanol–water partition coefficient (Wildman–Crippen LogP) is -1.37. The van der Waals surface area contributed by atoms with E-state index in [9.17, 15) is 0 Å². The van der Waals surface area contributed by atoms with Crippen LogP contribution in [0.3, 0.4) is 0 Å². The summed E-state index contributed by atoms with van der Waals surface area (Å²) in [6, 6.07) is 0. The molecule has 0 aliphatic carbocycles. The van der Waals surface area contributed by atoms with Crippen LogP contribution in [0.15, 0.2) is 0 Å². The van der Waals surface area contributed by atoms with Crippen LogP contribution in [0.4, 0.5) is 0 Å². The van der Waals surface area contributed by atoms with Crippen molar-refractivity contribution in [2.75, 3.05) is 0 Å². The topological polar surface area (TPSA) is 0 Å². The Bertz CT molecular complexity index is 7.61. The molecule has 0 radical (unpaired) electrons. The van der Waals surface area contributed by atoms with Crippen molar-refractivity contribution in [3.05, 3.63) is 0 Å². The van der Waals surface area contributed by atoms with Crippen molar-refractivity contribution in [2.24, 2.45) is 0 Å². The van der Waals surface area contributed by atoms with Crippen LogP contribution in [0.2, 0.25) is 0 Å². The molecule has 24 valence electrons. The molecule has 0 aromatic rings. The summed E-state index contributed by atoms with van der Waals surface area (Å²) in [6.07, 6.45) is 0. The fourth-order valence-electron chi connectivity index (χ4n) is 0. The summed E-state index contributed by atoms with van der Waals surface area (Å²) in [7, 11) is 0. The van der Waals surface area contributed by atoms with Crippen LogP contribution in [0.5, 0.6) is 0 Å². The van der Waals surface area contributed by atoms with Crippen molar-refractivity contribution in [3.8, 4) is 0 Å². The van der Waals surface area contributed by atoms with Crippen molar-refractivity contribution in [3.63, 3.8) is 0 Å². The number of hydrogen-bond acceptors (Lipinski definition) is 0. The van der Waals surface area contributed by atoms with Gasteiger partial charge >= 0.3 is 82.2 Å². The second-order valence-electron chi connectivity index (χ2n) is 0. The Balaban J connectivity index is 0. The summed E-state index contributed by atoms with van der Waals surface area (Å²) in [5.74, 6) is 0. The van der Waals surface area contributed by atoms with Crippen LogP contribution in [0.1, 0.15) is 0 Å². The maximum atomic E-state index is 0. The fourth-order valence-corrected chi connectivity index (χ4v) is 0. The molecular weight excluding hydrogens is 141 g/mol. The SMILES string of the molecule is Cl.Cl.[MgH2].[NaH].[NaH]. The van der Waals surface area contributed by atoms with Gasteiger partial charge in [0.1, 0.15) is 0 Å². The summed E-state index contributed by atoms with van der Waals surface area (Å²) < 4.78 is 0. The van der Waals surface area contributed by atoms with E-state index in [4.69, 9.17) is 0 Å². The molecule has 0 amide bonds. The monoisotopic (exact) mass is 146 g/mol. The van der Waals surface area contributed by atoms with Gasteiger partial charge in [0.2, 0.25) is 0 Å². The number of rotatable bonds is 0. The van der Waals surface area contributed by atoms with Gasteiger partial charge in [-0.05, 0) is 0 Å². The summed E-state index contributed by atoms with van der Waals surface area (Å²) in [4.78, 5) is 0. The van der Waals surface area contributed by atoms with E-state index in [1.807, 2.05) is 0 Å². The molecule has 0 rings (SSSR count). The normalized spacial score (nSPS) is 0. The van der Waals surface area contributed by atoms with Crippen LogP contribution in [0.25, 0.3) is 0 Å². The summed E-state index contributed by atoms with van der Waals surface area (Å²) in [5.41, 5.74) is 0. The summed E-state index contributed by atoms with van der Waals surface area (Å²) >= 11 is 0.